The van der Waals surface area contributed by atoms with Crippen molar-refractivity contribution in [3.63, 3.8) is 0 Å². The highest BCUT2D eigenvalue weighted by Gasteiger charge is 2.06. The summed E-state index contributed by atoms with van der Waals surface area (Å²) in [6, 6.07) is 0. The van der Waals surface area contributed by atoms with E-state index in [0.29, 0.717) is 0 Å². The van der Waals surface area contributed by atoms with Crippen molar-refractivity contribution in [3.8, 4) is 0 Å². The van der Waals surface area contributed by atoms with Crippen molar-refractivity contribution in [2.45, 2.75) is 25.1 Å². The lowest BCUT2D eigenvalue weighted by molar-refractivity contribution is 0.709. The quantitative estimate of drug-likeness (QED) is 0.449. The lowest BCUT2D eigenvalue weighted by Crippen LogP contribution is -2.05. The van der Waals surface area contributed by atoms with Gasteiger partial charge in [0.05, 0.1) is 0 Å². The molecule has 0 saturated heterocycles. The molecule has 0 aliphatic rings. The van der Waals surface area contributed by atoms with Gasteiger partial charge >= 0.3 is 0 Å². The second kappa shape index (κ2) is 1.83. The highest BCUT2D eigenvalue weighted by molar-refractivity contribution is 6.23. The van der Waals surface area contributed by atoms with Crippen molar-refractivity contribution < 1.29 is 0 Å². The Kier molecular flexibility index (Phi) is 1.92. The molecule has 0 nitrogen and oxygen atoms in total. The number of alkyl halides is 1. The van der Waals surface area contributed by atoms with Crippen LogP contribution in [0.1, 0.15) is 20.3 Å². The third kappa shape index (κ3) is 4.29. The molecule has 0 atom stereocenters. The van der Waals surface area contributed by atoms with Gasteiger partial charge in [0.15, 0.2) is 0 Å². The molecule has 0 fully saturated rings. The zero-order valence-corrected chi connectivity index (χ0v) is 5.05. The van der Waals surface area contributed by atoms with Crippen molar-refractivity contribution in [1.82, 2.24) is 0 Å². The summed E-state index contributed by atoms with van der Waals surface area (Å²) in [7, 11) is 0. The van der Waals surface area contributed by atoms with Crippen LogP contribution in [-0.4, -0.2) is 4.87 Å². The van der Waals surface area contributed by atoms with Gasteiger partial charge in [0, 0.05) is 4.87 Å². The summed E-state index contributed by atoms with van der Waals surface area (Å²) in [6.07, 6.45) is 0.786. The number of halogens is 1. The Labute approximate surface area is 44.5 Å². The van der Waals surface area contributed by atoms with E-state index in [9.17, 15) is 0 Å². The van der Waals surface area contributed by atoms with E-state index in [-0.39, 0.29) is 4.87 Å². The van der Waals surface area contributed by atoms with Crippen molar-refractivity contribution >= 4 is 11.6 Å². The minimum atomic E-state index is -0.0972. The second-order valence-corrected chi connectivity index (χ2v) is 2.99. The molecule has 0 spiro atoms. The Morgan fingerprint density at radius 2 is 1.83 bits per heavy atom. The smallest absolute Gasteiger partial charge is 0.0390 e. The molecule has 1 radical (unpaired) electrons. The molecular formula is C5H10Cl. The van der Waals surface area contributed by atoms with Crippen LogP contribution in [-0.2, 0) is 0 Å². The molecule has 0 bridgehead atoms. The van der Waals surface area contributed by atoms with Crippen LogP contribution < -0.4 is 0 Å². The summed E-state index contributed by atoms with van der Waals surface area (Å²) < 4.78 is 0. The Bertz CT molecular complexity index is 33.7. The predicted octanol–water partition coefficient (Wildman–Crippen LogP) is 2.23. The van der Waals surface area contributed by atoms with Crippen molar-refractivity contribution in [1.29, 1.82) is 0 Å². The first-order valence-corrected chi connectivity index (χ1v) is 2.42. The third-order valence-corrected chi connectivity index (χ3v) is 0.783. The van der Waals surface area contributed by atoms with Crippen LogP contribution >= 0.6 is 11.6 Å². The topological polar surface area (TPSA) is 0 Å². The maximum absolute atomic E-state index is 5.66. The molecule has 0 rings (SSSR count). The zero-order valence-electron chi connectivity index (χ0n) is 4.29. The Morgan fingerprint density at radius 1 is 1.67 bits per heavy atom. The molecule has 0 unspecified atom stereocenters. The standard InChI is InChI=1S/C5H10Cl/c1-4-5(2,3)6/h1,4H2,2-3H3. The first-order chi connectivity index (χ1) is 2.56. The molecule has 0 saturated carbocycles. The molecule has 37 valence electrons. The molecule has 0 aliphatic heterocycles. The van der Waals surface area contributed by atoms with Gasteiger partial charge in [-0.1, -0.05) is 6.92 Å². The van der Waals surface area contributed by atoms with Gasteiger partial charge in [-0.2, -0.15) is 0 Å². The van der Waals surface area contributed by atoms with Crippen molar-refractivity contribution in [3.05, 3.63) is 6.92 Å². The van der Waals surface area contributed by atoms with Crippen LogP contribution in [0.15, 0.2) is 0 Å². The van der Waals surface area contributed by atoms with Gasteiger partial charge in [0.1, 0.15) is 0 Å². The average molecular weight is 106 g/mol. The highest BCUT2D eigenvalue weighted by atomic mass is 35.5. The monoisotopic (exact) mass is 105 g/mol. The zero-order chi connectivity index (χ0) is 5.21. The fraction of sp³-hybridized carbons (Fsp3) is 0.800. The lowest BCUT2D eigenvalue weighted by Gasteiger charge is -2.09. The maximum Gasteiger partial charge on any atom is 0.0390 e. The summed E-state index contributed by atoms with van der Waals surface area (Å²) in [5, 5.41) is 0. The van der Waals surface area contributed by atoms with E-state index in [2.05, 4.69) is 6.92 Å². The molecule has 0 aromatic rings. The van der Waals surface area contributed by atoms with E-state index < -0.39 is 0 Å². The Hall–Kier alpha value is 0.290. The summed E-state index contributed by atoms with van der Waals surface area (Å²) >= 11 is 5.66. The van der Waals surface area contributed by atoms with E-state index in [1.807, 2.05) is 13.8 Å². The summed E-state index contributed by atoms with van der Waals surface area (Å²) in [4.78, 5) is -0.0972. The van der Waals surface area contributed by atoms with Gasteiger partial charge in [-0.25, -0.2) is 0 Å². The third-order valence-electron chi connectivity index (χ3n) is 0.594. The van der Waals surface area contributed by atoms with Gasteiger partial charge in [-0.05, 0) is 20.3 Å². The van der Waals surface area contributed by atoms with Crippen LogP contribution in [0.4, 0.5) is 0 Å². The largest absolute Gasteiger partial charge is 0.120 e. The Balaban J connectivity index is 3.17. The van der Waals surface area contributed by atoms with E-state index in [4.69, 9.17) is 11.6 Å². The molecule has 0 aliphatic carbocycles. The van der Waals surface area contributed by atoms with Gasteiger partial charge < -0.3 is 0 Å². The second-order valence-electron chi connectivity index (χ2n) is 1.97. The SMILES string of the molecule is [CH2]CC(C)(C)Cl. The van der Waals surface area contributed by atoms with Crippen molar-refractivity contribution in [2.75, 3.05) is 0 Å². The normalized spacial score (nSPS) is 12.0. The summed E-state index contributed by atoms with van der Waals surface area (Å²) in [5.41, 5.74) is 0. The summed E-state index contributed by atoms with van der Waals surface area (Å²) in [5.74, 6) is 0. The first kappa shape index (κ1) is 6.29. The molecule has 0 N–H and O–H groups in total. The van der Waals surface area contributed by atoms with E-state index in [1.165, 1.54) is 0 Å². The van der Waals surface area contributed by atoms with Gasteiger partial charge in [0.25, 0.3) is 0 Å². The van der Waals surface area contributed by atoms with Gasteiger partial charge in [0.2, 0.25) is 0 Å². The predicted molar refractivity (Wildman–Crippen MR) is 29.9 cm³/mol. The lowest BCUT2D eigenvalue weighted by atomic mass is 10.1. The molecule has 6 heavy (non-hydrogen) atoms. The minimum absolute atomic E-state index is 0.0972. The molecule has 0 heterocycles. The van der Waals surface area contributed by atoms with Crippen LogP contribution in [0.2, 0.25) is 0 Å². The maximum atomic E-state index is 5.66. The van der Waals surface area contributed by atoms with E-state index in [0.717, 1.165) is 6.42 Å². The highest BCUT2D eigenvalue weighted by Crippen LogP contribution is 2.15. The number of hydrogen-bond donors (Lipinski definition) is 0. The number of rotatable bonds is 1. The molecule has 1 heteroatoms. The number of hydrogen-bond acceptors (Lipinski definition) is 0. The Morgan fingerprint density at radius 3 is 1.83 bits per heavy atom. The molecule has 0 aromatic heterocycles. The van der Waals surface area contributed by atoms with Crippen LogP contribution in [0, 0.1) is 6.92 Å². The minimum Gasteiger partial charge on any atom is -0.120 e. The molecule has 0 aromatic carbocycles. The van der Waals surface area contributed by atoms with Gasteiger partial charge in [-0.15, -0.1) is 11.6 Å². The first-order valence-electron chi connectivity index (χ1n) is 2.04. The fourth-order valence-electron chi connectivity index (χ4n) is 0. The van der Waals surface area contributed by atoms with Crippen LogP contribution in [0.25, 0.3) is 0 Å². The molecular weight excluding hydrogens is 95.5 g/mol. The molecule has 0 amide bonds. The van der Waals surface area contributed by atoms with Crippen LogP contribution in [0.5, 0.6) is 0 Å². The van der Waals surface area contributed by atoms with Gasteiger partial charge in [-0.3, -0.25) is 0 Å². The van der Waals surface area contributed by atoms with E-state index >= 15 is 0 Å². The van der Waals surface area contributed by atoms with Crippen molar-refractivity contribution in [2.24, 2.45) is 0 Å². The van der Waals surface area contributed by atoms with Crippen LogP contribution in [0.3, 0.4) is 0 Å². The fourth-order valence-corrected chi connectivity index (χ4v) is 0. The average Bonchev–Trinajstić information content (AvgIpc) is 1.35. The summed E-state index contributed by atoms with van der Waals surface area (Å²) in [6.45, 7) is 7.52. The van der Waals surface area contributed by atoms with E-state index in [1.54, 1.807) is 0 Å².